The number of aromatic amines is 2. The van der Waals surface area contributed by atoms with Crippen LogP contribution < -0.4 is 5.46 Å². The molecule has 48 heteroatoms. The van der Waals surface area contributed by atoms with Gasteiger partial charge in [-0.3, -0.25) is 14.5 Å². The van der Waals surface area contributed by atoms with E-state index < -0.39 is 75.4 Å². The molecule has 16 heterocycles. The van der Waals surface area contributed by atoms with Gasteiger partial charge in [0.1, 0.15) is 59.0 Å². The van der Waals surface area contributed by atoms with Crippen molar-refractivity contribution in [1.29, 1.82) is 10.5 Å². The van der Waals surface area contributed by atoms with Crippen LogP contribution in [0.5, 0.6) is 0 Å². The van der Waals surface area contributed by atoms with Crippen molar-refractivity contribution < 1.29 is 57.2 Å². The lowest BCUT2D eigenvalue weighted by Gasteiger charge is -2.47. The van der Waals surface area contributed by atoms with Crippen LogP contribution in [-0.4, -0.2) is 243 Å². The normalized spacial score (nSPS) is 15.9. The Bertz CT molecular complexity index is 7200. The zero-order valence-corrected chi connectivity index (χ0v) is 92.3. The number of nitriles is 2. The second-order valence-electron chi connectivity index (χ2n) is 39.1. The van der Waals surface area contributed by atoms with Gasteiger partial charge in [0.05, 0.1) is 81.8 Å². The number of benzene rings is 1. The van der Waals surface area contributed by atoms with Crippen molar-refractivity contribution in [3.8, 4) is 45.5 Å². The number of rotatable bonds is 31. The minimum absolute atomic E-state index is 0.0224. The van der Waals surface area contributed by atoms with Crippen LogP contribution in [0.3, 0.4) is 0 Å². The fourth-order valence-electron chi connectivity index (χ4n) is 15.2. The third-order valence-electron chi connectivity index (χ3n) is 24.6. The molecule has 12 aromatic heterocycles. The molecular formula is C92H118BBrCl4N22O13S4Si3. The largest absolute Gasteiger partial charge is 0.495 e. The number of nitrogens with one attached hydrogen (secondary N) is 2. The minimum atomic E-state index is -3.67. The molecule has 0 unspecified atom stereocenters. The summed E-state index contributed by atoms with van der Waals surface area (Å²) in [4.78, 5) is 24.2. The van der Waals surface area contributed by atoms with Gasteiger partial charge in [-0.25, -0.2) is 50.0 Å². The molecule has 13 aromatic rings. The van der Waals surface area contributed by atoms with Gasteiger partial charge in [-0.1, -0.05) is 123 Å². The predicted octanol–water partition coefficient (Wildman–Crippen LogP) is 17.8. The Kier molecular flexibility index (Phi) is 35.3. The van der Waals surface area contributed by atoms with Gasteiger partial charge in [0.15, 0.2) is 21.7 Å². The molecule has 0 bridgehead atoms. The molecule has 0 spiro atoms. The molecule has 35 nitrogen and oxygen atoms in total. The third kappa shape index (κ3) is 26.0. The molecule has 0 radical (unpaired) electrons. The highest BCUT2D eigenvalue weighted by molar-refractivity contribution is 9.10. The van der Waals surface area contributed by atoms with Gasteiger partial charge in [0.2, 0.25) is 30.1 Å². The van der Waals surface area contributed by atoms with Crippen molar-refractivity contribution in [3.63, 3.8) is 0 Å². The fourth-order valence-corrected chi connectivity index (χ4v) is 23.5. The van der Waals surface area contributed by atoms with Crippen LogP contribution in [0, 0.1) is 36.2 Å². The van der Waals surface area contributed by atoms with E-state index in [0.717, 1.165) is 125 Å². The molecule has 1 aromatic carbocycles. The van der Waals surface area contributed by atoms with Gasteiger partial charge in [0, 0.05) is 184 Å². The van der Waals surface area contributed by atoms with Crippen LogP contribution in [0.4, 0.5) is 0 Å². The van der Waals surface area contributed by atoms with Gasteiger partial charge in [-0.15, -0.1) is 5.10 Å². The molecule has 4 fully saturated rings. The molecule has 0 atom stereocenters. The summed E-state index contributed by atoms with van der Waals surface area (Å²) < 4.78 is 140. The molecule has 17 rings (SSSR count). The summed E-state index contributed by atoms with van der Waals surface area (Å²) in [5.41, 5.74) is 9.18. The highest BCUT2D eigenvalue weighted by Gasteiger charge is 2.54. The molecule has 140 heavy (non-hydrogen) atoms. The Hall–Kier alpha value is -9.13. The van der Waals surface area contributed by atoms with Gasteiger partial charge >= 0.3 is 7.12 Å². The number of hydrogen-bond donors (Lipinski definition) is 2. The van der Waals surface area contributed by atoms with Gasteiger partial charge in [-0.2, -0.15) is 51.2 Å². The number of fused-ring (bicyclic) bond motifs is 4. The molecule has 4 aliphatic heterocycles. The molecule has 4 saturated heterocycles. The van der Waals surface area contributed by atoms with Crippen molar-refractivity contribution in [2.24, 2.45) is 0 Å². The second kappa shape index (κ2) is 45.0. The smallest absolute Gasteiger partial charge is 0.399 e. The summed E-state index contributed by atoms with van der Waals surface area (Å²) in [6, 6.07) is 30.0. The van der Waals surface area contributed by atoms with E-state index in [1.807, 2.05) is 94.1 Å². The fraction of sp³-hybridized carbons (Fsp3) is 0.446. The lowest BCUT2D eigenvalue weighted by Crippen LogP contribution is -2.64. The number of sulfonamides is 3. The summed E-state index contributed by atoms with van der Waals surface area (Å²) in [7, 11) is -17.0. The van der Waals surface area contributed by atoms with E-state index >= 15 is 0 Å². The van der Waals surface area contributed by atoms with Crippen LogP contribution in [0.2, 0.25) is 97.7 Å². The van der Waals surface area contributed by atoms with Crippen LogP contribution >= 0.6 is 62.3 Å². The predicted molar refractivity (Wildman–Crippen MR) is 561 cm³/mol. The third-order valence-corrected chi connectivity index (χ3v) is 38.5. The Morgan fingerprint density at radius 3 is 1.36 bits per heavy atom. The summed E-state index contributed by atoms with van der Waals surface area (Å²) in [5.74, 6) is 0.191. The SMILES string of the molecule is CC1(C)OB(c2ccnc3c2ccn3COCC[Si](C)(C)C)OC1(C)C.CCS(=O)(=O)N1CC(CC#N)(n2cc(-c3ccnc4[nH]ccc34)c(Cl)n2)C1.CCS(=O)(=O)N1CC(CC#N)(n2cc(-c3ccnc4c3ccn4COCC[Si](C)(C)C)c(Cl)n2)C1.C[Si](C)(C)CCOCn1ccc2c(-c3cn[nH]c3Cl)ccnc21.Cc1ccc(S(=O)(=O)n2cc(Br)c(Cl)n2)cc1.[C-]#[N+]C=C1CN(S(=O)(=O)CC)C1. The lowest BCUT2D eigenvalue weighted by molar-refractivity contribution is 0.00578. The first-order valence-electron chi connectivity index (χ1n) is 45.3. The number of pyridine rings is 4. The number of halogens is 5. The maximum atomic E-state index is 12.3. The Labute approximate surface area is 850 Å². The standard InChI is InChI=1S/C23H31ClN6O3SSi.C19H31BN2O3Si.C17H17ClN6O2S.C16H21ClN4OSi.C10H8BrClN2O2S.C7H10N2O2S/c1-5-34(31,32)29-15-23(16-29,8-9-25)30-14-20(21(24)27-30)18-6-10-26-22-19(18)7-11-28(22)17-33-12-13-35(2,3)4;1-18(2)19(3,4)25-20(24-18)16-8-10-21-17-15(16)9-11-22(17)14-23-12-13-26(5,6)7;1-2-27(25,26)23-10-17(11-23,5-6-19)24-9-14(15(18)22-24)12-3-7-20-16-13(12)4-8-21-16;1-23(2,3)9-8-22-11-21-7-5-13-12(4-6-18-16(13)21)14-10-19-20-15(14)17;1-7-2-4-8(5-3-7)17(15,16)14-6-9(11)10(12)13-14;1-3-12(10,11)9-5-7(6-9)4-8-2/h6-7,10-11,14H,5,8,12-13,15-17H2,1-4H3;8-11H,12-14H2,1-7H3;3-4,7-9H,2,5,10-11H2,1H3,(H,20,21);4-7,10H,8-9,11H2,1-3H3,(H,19,20);2-6H,1H3;4H,3,5-6H2,1H3. The number of aromatic nitrogens is 16. The minimum Gasteiger partial charge on any atom is -0.399 e. The summed E-state index contributed by atoms with van der Waals surface area (Å²) in [6.45, 7) is 48.0. The first kappa shape index (κ1) is 110. The Morgan fingerprint density at radius 1 is 0.536 bits per heavy atom. The van der Waals surface area contributed by atoms with Gasteiger partial charge in [0.25, 0.3) is 10.0 Å². The van der Waals surface area contributed by atoms with Crippen LogP contribution in [0.15, 0.2) is 168 Å². The van der Waals surface area contributed by atoms with Gasteiger partial charge in [-0.05, 0) is 178 Å². The highest BCUT2D eigenvalue weighted by Crippen LogP contribution is 2.43. The lowest BCUT2D eigenvalue weighted by atomic mass is 9.78. The highest BCUT2D eigenvalue weighted by atomic mass is 79.9. The maximum Gasteiger partial charge on any atom is 0.495 e. The number of ether oxygens (including phenoxy) is 3. The second-order valence-corrected chi connectivity index (χ2v) is 66.8. The van der Waals surface area contributed by atoms with E-state index in [1.165, 1.54) is 43.5 Å². The van der Waals surface area contributed by atoms with Crippen molar-refractivity contribution in [2.45, 2.75) is 193 Å². The summed E-state index contributed by atoms with van der Waals surface area (Å²) in [5, 5.41) is 43.3. The van der Waals surface area contributed by atoms with Crippen molar-refractivity contribution >= 4 is 183 Å². The quantitative estimate of drug-likeness (QED) is 0.0231. The molecule has 0 saturated carbocycles. The topological polar surface area (TPSA) is 409 Å². The van der Waals surface area contributed by atoms with E-state index in [1.54, 1.807) is 79.4 Å². The molecule has 4 aliphatic rings. The van der Waals surface area contributed by atoms with E-state index in [-0.39, 0.29) is 84.6 Å². The van der Waals surface area contributed by atoms with Crippen LogP contribution in [-0.2, 0) is 94.9 Å². The molecule has 748 valence electrons. The summed E-state index contributed by atoms with van der Waals surface area (Å²) in [6.07, 6.45) is 23.1. The van der Waals surface area contributed by atoms with E-state index in [2.05, 4.69) is 176 Å². The van der Waals surface area contributed by atoms with Crippen molar-refractivity contribution in [1.82, 2.24) is 90.5 Å². The number of H-pyrrole nitrogens is 2. The molecule has 0 amide bonds. The van der Waals surface area contributed by atoms with Gasteiger partial charge < -0.3 is 42.2 Å². The maximum absolute atomic E-state index is 12.3. The van der Waals surface area contributed by atoms with Crippen LogP contribution in [0.25, 0.3) is 82.4 Å². The Morgan fingerprint density at radius 2 is 0.950 bits per heavy atom. The van der Waals surface area contributed by atoms with Crippen molar-refractivity contribution in [3.05, 3.63) is 201 Å². The van der Waals surface area contributed by atoms with Crippen LogP contribution in [0.1, 0.15) is 66.9 Å². The number of nitrogens with zero attached hydrogens (tertiary/aromatic N) is 20. The number of hydrogen-bond acceptors (Lipinski definition) is 23. The number of aryl methyl sites for hydroxylation is 1. The van der Waals surface area contributed by atoms with E-state index in [0.29, 0.717) is 58.8 Å². The van der Waals surface area contributed by atoms with Crippen molar-refractivity contribution in [2.75, 3.05) is 76.3 Å². The average Bonchev–Trinajstić information content (AvgIpc) is 1.36. The monoisotopic (exact) mass is 2180 g/mol. The first-order chi connectivity index (χ1) is 65.9. The Balaban J connectivity index is 0.000000154. The van der Waals surface area contributed by atoms with E-state index in [9.17, 15) is 44.2 Å². The molecule has 2 N–H and O–H groups in total. The first-order valence-corrected chi connectivity index (χ1v) is 65.0. The molecule has 0 aliphatic carbocycles. The molecular weight excluding hydrogens is 2070 g/mol. The average molecular weight is 2190 g/mol. The van der Waals surface area contributed by atoms with E-state index in [4.69, 9.17) is 76.5 Å². The zero-order chi connectivity index (χ0) is 102. The zero-order valence-electron chi connectivity index (χ0n) is 81.4. The summed E-state index contributed by atoms with van der Waals surface area (Å²) >= 11 is 28.0.